The van der Waals surface area contributed by atoms with Gasteiger partial charge < -0.3 is 10.6 Å². The minimum absolute atomic E-state index is 0.274. The van der Waals surface area contributed by atoms with Gasteiger partial charge in [-0.2, -0.15) is 18.3 Å². The number of aryl methyl sites for hydroxylation is 1. The Morgan fingerprint density at radius 2 is 1.91 bits per heavy atom. The zero-order chi connectivity index (χ0) is 24.0. The Hall–Kier alpha value is -3.62. The molecule has 0 radical (unpaired) electrons. The van der Waals surface area contributed by atoms with E-state index < -0.39 is 23.1 Å². The summed E-state index contributed by atoms with van der Waals surface area (Å²) < 4.78 is 40.7. The Bertz CT molecular complexity index is 1170. The second-order valence-corrected chi connectivity index (χ2v) is 9.04. The first-order valence-electron chi connectivity index (χ1n) is 10.4. The molecule has 2 aromatic rings. The van der Waals surface area contributed by atoms with Crippen LogP contribution in [0.15, 0.2) is 60.0 Å². The Balaban J connectivity index is 1.65. The van der Waals surface area contributed by atoms with E-state index in [0.29, 0.717) is 17.0 Å². The molecule has 1 amide bonds. The SMILES string of the molecule is Cc1ccc(C2=NN3C=C(c4ccc(C(F)(F)F)c(NC(=O)C(C)(C)C)c4)NC3C=C2)nc1. The number of pyridine rings is 1. The highest BCUT2D eigenvalue weighted by atomic mass is 19.4. The Morgan fingerprint density at radius 3 is 2.55 bits per heavy atom. The van der Waals surface area contributed by atoms with Crippen molar-refractivity contribution in [2.24, 2.45) is 10.5 Å². The first-order valence-corrected chi connectivity index (χ1v) is 10.4. The second-order valence-electron chi connectivity index (χ2n) is 9.04. The molecule has 0 fully saturated rings. The van der Waals surface area contributed by atoms with Crippen LogP contribution in [0.3, 0.4) is 0 Å². The van der Waals surface area contributed by atoms with Crippen LogP contribution >= 0.6 is 0 Å². The molecule has 0 aliphatic carbocycles. The molecule has 1 aromatic heterocycles. The molecule has 0 saturated heterocycles. The average molecular weight is 455 g/mol. The summed E-state index contributed by atoms with van der Waals surface area (Å²) in [6, 6.07) is 7.52. The molecule has 1 unspecified atom stereocenters. The van der Waals surface area contributed by atoms with E-state index in [1.165, 1.54) is 12.1 Å². The van der Waals surface area contributed by atoms with E-state index in [1.54, 1.807) is 38.2 Å². The van der Waals surface area contributed by atoms with Crippen LogP contribution in [0.2, 0.25) is 0 Å². The van der Waals surface area contributed by atoms with Crippen LogP contribution in [0.4, 0.5) is 18.9 Å². The quantitative estimate of drug-likeness (QED) is 0.691. The lowest BCUT2D eigenvalue weighted by molar-refractivity contribution is -0.137. The number of anilines is 1. The molecule has 0 saturated carbocycles. The Morgan fingerprint density at radius 1 is 1.15 bits per heavy atom. The highest BCUT2D eigenvalue weighted by Crippen LogP contribution is 2.37. The molecule has 4 rings (SSSR count). The van der Waals surface area contributed by atoms with Crippen LogP contribution in [0.1, 0.15) is 43.2 Å². The van der Waals surface area contributed by atoms with Crippen molar-refractivity contribution in [3.63, 3.8) is 0 Å². The van der Waals surface area contributed by atoms with Gasteiger partial charge in [-0.25, -0.2) is 5.01 Å². The van der Waals surface area contributed by atoms with E-state index in [9.17, 15) is 18.0 Å². The summed E-state index contributed by atoms with van der Waals surface area (Å²) in [5.41, 5.74) is 1.51. The van der Waals surface area contributed by atoms with Gasteiger partial charge in [0.1, 0.15) is 11.9 Å². The number of nitrogens with one attached hydrogen (secondary N) is 2. The third kappa shape index (κ3) is 4.76. The van der Waals surface area contributed by atoms with Gasteiger partial charge in [-0.3, -0.25) is 9.78 Å². The number of benzene rings is 1. The molecule has 2 N–H and O–H groups in total. The maximum atomic E-state index is 13.6. The van der Waals surface area contributed by atoms with Crippen molar-refractivity contribution in [2.45, 2.75) is 40.0 Å². The van der Waals surface area contributed by atoms with Crippen molar-refractivity contribution in [1.29, 1.82) is 0 Å². The van der Waals surface area contributed by atoms with Crippen molar-refractivity contribution >= 4 is 23.0 Å². The maximum absolute atomic E-state index is 13.6. The van der Waals surface area contributed by atoms with Crippen molar-refractivity contribution < 1.29 is 18.0 Å². The third-order valence-corrected chi connectivity index (χ3v) is 5.25. The summed E-state index contributed by atoms with van der Waals surface area (Å²) in [6.07, 6.45) is 2.36. The summed E-state index contributed by atoms with van der Waals surface area (Å²) in [5, 5.41) is 12.0. The van der Waals surface area contributed by atoms with E-state index in [4.69, 9.17) is 0 Å². The zero-order valence-corrected chi connectivity index (χ0v) is 18.7. The number of rotatable bonds is 3. The number of carbonyl (C=O) groups excluding carboxylic acids is 1. The Labute approximate surface area is 189 Å². The number of halogens is 3. The van der Waals surface area contributed by atoms with Gasteiger partial charge >= 0.3 is 6.18 Å². The van der Waals surface area contributed by atoms with Gasteiger partial charge in [-0.15, -0.1) is 0 Å². The molecule has 1 atom stereocenters. The molecule has 2 aliphatic heterocycles. The van der Waals surface area contributed by atoms with Gasteiger partial charge in [-0.05, 0) is 42.8 Å². The van der Waals surface area contributed by atoms with E-state index in [2.05, 4.69) is 20.7 Å². The maximum Gasteiger partial charge on any atom is 0.418 e. The summed E-state index contributed by atoms with van der Waals surface area (Å²) in [4.78, 5) is 16.8. The summed E-state index contributed by atoms with van der Waals surface area (Å²) >= 11 is 0. The van der Waals surface area contributed by atoms with Gasteiger partial charge in [0.25, 0.3) is 0 Å². The molecule has 0 spiro atoms. The molecular weight excluding hydrogens is 431 g/mol. The fourth-order valence-corrected chi connectivity index (χ4v) is 3.33. The van der Waals surface area contributed by atoms with E-state index in [1.807, 2.05) is 31.2 Å². The molecular formula is C24H24F3N5O. The lowest BCUT2D eigenvalue weighted by Gasteiger charge is -2.22. The average Bonchev–Trinajstić information content (AvgIpc) is 3.16. The minimum Gasteiger partial charge on any atom is -0.359 e. The largest absolute Gasteiger partial charge is 0.418 e. The van der Waals surface area contributed by atoms with Crippen LogP contribution in [0.5, 0.6) is 0 Å². The third-order valence-electron chi connectivity index (χ3n) is 5.25. The molecule has 33 heavy (non-hydrogen) atoms. The highest BCUT2D eigenvalue weighted by Gasteiger charge is 2.35. The topological polar surface area (TPSA) is 69.6 Å². The van der Waals surface area contributed by atoms with Crippen LogP contribution in [-0.4, -0.2) is 27.8 Å². The first-order chi connectivity index (χ1) is 15.4. The van der Waals surface area contributed by atoms with Crippen LogP contribution in [0, 0.1) is 12.3 Å². The number of aromatic nitrogens is 1. The monoisotopic (exact) mass is 455 g/mol. The number of fused-ring (bicyclic) bond motifs is 1. The molecule has 0 bridgehead atoms. The molecule has 1 aromatic carbocycles. The number of hydrogen-bond acceptors (Lipinski definition) is 5. The lowest BCUT2D eigenvalue weighted by Crippen LogP contribution is -2.34. The van der Waals surface area contributed by atoms with Gasteiger partial charge in [0.15, 0.2) is 0 Å². The Kier molecular flexibility index (Phi) is 5.51. The van der Waals surface area contributed by atoms with Crippen molar-refractivity contribution in [3.8, 4) is 0 Å². The predicted molar refractivity (Wildman–Crippen MR) is 121 cm³/mol. The molecule has 6 nitrogen and oxygen atoms in total. The highest BCUT2D eigenvalue weighted by molar-refractivity contribution is 6.07. The number of allylic oxidation sites excluding steroid dienone is 1. The predicted octanol–water partition coefficient (Wildman–Crippen LogP) is 4.90. The summed E-state index contributed by atoms with van der Waals surface area (Å²) in [7, 11) is 0. The van der Waals surface area contributed by atoms with Gasteiger partial charge in [0, 0.05) is 23.4 Å². The van der Waals surface area contributed by atoms with Gasteiger partial charge in [-0.1, -0.05) is 32.9 Å². The fraction of sp³-hybridized carbons (Fsp3) is 0.292. The molecule has 3 heterocycles. The number of carbonyl (C=O) groups is 1. The number of hydrazone groups is 1. The number of amides is 1. The van der Waals surface area contributed by atoms with E-state index >= 15 is 0 Å². The van der Waals surface area contributed by atoms with Gasteiger partial charge in [0.2, 0.25) is 5.91 Å². The lowest BCUT2D eigenvalue weighted by atomic mass is 9.95. The molecule has 172 valence electrons. The van der Waals surface area contributed by atoms with Crippen molar-refractivity contribution in [3.05, 3.63) is 77.3 Å². The minimum atomic E-state index is -4.60. The first kappa shape index (κ1) is 22.6. The van der Waals surface area contributed by atoms with E-state index in [0.717, 1.165) is 17.3 Å². The number of hydrogen-bond donors (Lipinski definition) is 2. The van der Waals surface area contributed by atoms with Crippen LogP contribution in [-0.2, 0) is 11.0 Å². The standard InChI is InChI=1S/C24H24F3N5O/c1-14-5-8-17(28-12-14)18-9-10-21-29-20(13-32(21)31-18)15-6-7-16(24(25,26)27)19(11-15)30-22(33)23(2,3)4/h5-13,21,29H,1-4H3,(H,30,33). The number of alkyl halides is 3. The number of nitrogens with zero attached hydrogens (tertiary/aromatic N) is 3. The van der Waals surface area contributed by atoms with Crippen molar-refractivity contribution in [1.82, 2.24) is 15.3 Å². The fourth-order valence-electron chi connectivity index (χ4n) is 3.33. The van der Waals surface area contributed by atoms with Crippen LogP contribution in [0.25, 0.3) is 5.70 Å². The van der Waals surface area contributed by atoms with Gasteiger partial charge in [0.05, 0.1) is 22.6 Å². The van der Waals surface area contributed by atoms with E-state index in [-0.39, 0.29) is 11.9 Å². The summed E-state index contributed by atoms with van der Waals surface area (Å²) in [5.74, 6) is -0.501. The second kappa shape index (κ2) is 8.06. The summed E-state index contributed by atoms with van der Waals surface area (Å²) in [6.45, 7) is 6.88. The molecule has 9 heteroatoms. The van der Waals surface area contributed by atoms with Crippen LogP contribution < -0.4 is 10.6 Å². The zero-order valence-electron chi connectivity index (χ0n) is 18.7. The molecule has 2 aliphatic rings. The van der Waals surface area contributed by atoms with Crippen molar-refractivity contribution in [2.75, 3.05) is 5.32 Å². The smallest absolute Gasteiger partial charge is 0.359 e. The normalized spacial score (nSPS) is 17.8.